The van der Waals surface area contributed by atoms with E-state index in [9.17, 15) is 0 Å². The van der Waals surface area contributed by atoms with Crippen LogP contribution in [0, 0.1) is 6.92 Å². The van der Waals surface area contributed by atoms with Crippen molar-refractivity contribution in [2.75, 3.05) is 6.54 Å². The summed E-state index contributed by atoms with van der Waals surface area (Å²) in [4.78, 5) is 4.14. The van der Waals surface area contributed by atoms with Gasteiger partial charge >= 0.3 is 0 Å². The molecule has 3 rings (SSSR count). The molecule has 2 aromatic heterocycles. The van der Waals surface area contributed by atoms with E-state index in [1.54, 1.807) is 0 Å². The smallest absolute Gasteiger partial charge is 0.202 e. The van der Waals surface area contributed by atoms with Gasteiger partial charge in [0.05, 0.1) is 11.9 Å². The third-order valence-corrected chi connectivity index (χ3v) is 4.83. The molecule has 122 valence electrons. The molecule has 2 heterocycles. The van der Waals surface area contributed by atoms with Gasteiger partial charge < -0.3 is 14.5 Å². The van der Waals surface area contributed by atoms with Gasteiger partial charge in [-0.2, -0.15) is 0 Å². The lowest BCUT2D eigenvalue weighted by Crippen LogP contribution is -2.23. The molecule has 0 saturated carbocycles. The number of halogens is 1. The molecule has 5 heteroatoms. The van der Waals surface area contributed by atoms with Crippen molar-refractivity contribution in [2.45, 2.75) is 26.3 Å². The first kappa shape index (κ1) is 16.1. The molecule has 0 aliphatic carbocycles. The number of aryl methyl sites for hydroxylation is 2. The number of aromatic nitrogens is 3. The molecule has 1 N–H and O–H groups in total. The van der Waals surface area contributed by atoms with Gasteiger partial charge in [-0.15, -0.1) is 0 Å². The summed E-state index contributed by atoms with van der Waals surface area (Å²) in [6.07, 6.45) is 5.06. The van der Waals surface area contributed by atoms with Crippen LogP contribution in [0.4, 0.5) is 0 Å². The highest BCUT2D eigenvalue weighted by atomic mass is 35.5. The topological polar surface area (TPSA) is 34.8 Å². The highest BCUT2D eigenvalue weighted by molar-refractivity contribution is 6.28. The molecule has 3 aromatic rings. The van der Waals surface area contributed by atoms with Gasteiger partial charge in [-0.3, -0.25) is 0 Å². The summed E-state index contributed by atoms with van der Waals surface area (Å²) in [5.74, 6) is 0. The van der Waals surface area contributed by atoms with Crippen LogP contribution in [0.1, 0.15) is 29.8 Å². The zero-order valence-electron chi connectivity index (χ0n) is 14.1. The maximum atomic E-state index is 6.01. The highest BCUT2D eigenvalue weighted by Crippen LogP contribution is 2.22. The number of hydrogen-bond acceptors (Lipinski definition) is 2. The Labute approximate surface area is 142 Å². The largest absolute Gasteiger partial charge is 0.350 e. The molecule has 0 amide bonds. The van der Waals surface area contributed by atoms with Crippen LogP contribution in [0.15, 0.2) is 30.6 Å². The Bertz CT molecular complexity index is 831. The van der Waals surface area contributed by atoms with Crippen molar-refractivity contribution in [3.63, 3.8) is 0 Å². The quantitative estimate of drug-likeness (QED) is 0.773. The van der Waals surface area contributed by atoms with E-state index in [2.05, 4.69) is 60.2 Å². The van der Waals surface area contributed by atoms with Crippen molar-refractivity contribution < 1.29 is 0 Å². The molecule has 4 nitrogen and oxygen atoms in total. The Morgan fingerprint density at radius 3 is 2.78 bits per heavy atom. The fraction of sp³-hybridized carbons (Fsp3) is 0.389. The normalized spacial score (nSPS) is 12.9. The second kappa shape index (κ2) is 6.38. The van der Waals surface area contributed by atoms with E-state index in [1.165, 1.54) is 22.0 Å². The van der Waals surface area contributed by atoms with E-state index in [0.29, 0.717) is 5.28 Å². The van der Waals surface area contributed by atoms with Crippen molar-refractivity contribution in [2.24, 2.45) is 14.1 Å². The Kier molecular flexibility index (Phi) is 4.46. The lowest BCUT2D eigenvalue weighted by molar-refractivity contribution is 0.548. The summed E-state index contributed by atoms with van der Waals surface area (Å²) in [6.45, 7) is 5.19. The summed E-state index contributed by atoms with van der Waals surface area (Å²) >= 11 is 6.01. The fourth-order valence-corrected chi connectivity index (χ4v) is 3.26. The third kappa shape index (κ3) is 3.14. The number of imidazole rings is 1. The first-order chi connectivity index (χ1) is 11.0. The fourth-order valence-electron chi connectivity index (χ4n) is 3.12. The van der Waals surface area contributed by atoms with Gasteiger partial charge in [0.1, 0.15) is 0 Å². The minimum absolute atomic E-state index is 0.219. The van der Waals surface area contributed by atoms with E-state index >= 15 is 0 Å². The molecule has 0 radical (unpaired) electrons. The van der Waals surface area contributed by atoms with Crippen molar-refractivity contribution in [1.29, 1.82) is 0 Å². The van der Waals surface area contributed by atoms with E-state index in [0.717, 1.165) is 18.7 Å². The molecular weight excluding hydrogens is 308 g/mol. The van der Waals surface area contributed by atoms with Crippen molar-refractivity contribution in [3.8, 4) is 0 Å². The van der Waals surface area contributed by atoms with Gasteiger partial charge in [0.2, 0.25) is 5.28 Å². The minimum Gasteiger partial charge on any atom is -0.350 e. The van der Waals surface area contributed by atoms with Crippen LogP contribution in [0.25, 0.3) is 10.9 Å². The lowest BCUT2D eigenvalue weighted by atomic mass is 10.1. The molecular formula is C18H23ClN4. The molecule has 0 saturated heterocycles. The number of hydrogen-bond donors (Lipinski definition) is 1. The third-order valence-electron chi connectivity index (χ3n) is 4.48. The van der Waals surface area contributed by atoms with Crippen molar-refractivity contribution in [3.05, 3.63) is 52.7 Å². The number of nitrogens with zero attached hydrogens (tertiary/aromatic N) is 3. The van der Waals surface area contributed by atoms with Crippen LogP contribution < -0.4 is 5.32 Å². The predicted molar refractivity (Wildman–Crippen MR) is 96.0 cm³/mol. The number of nitrogens with one attached hydrogen (secondary N) is 1. The molecule has 23 heavy (non-hydrogen) atoms. The summed E-state index contributed by atoms with van der Waals surface area (Å²) in [7, 11) is 4.05. The second-order valence-corrected chi connectivity index (χ2v) is 6.56. The SMILES string of the molecule is Cc1ccc2c(c1)c(CCNC(C)c1cnc(Cl)n1C)cn2C. The standard InChI is InChI=1S/C18H23ClN4/c1-12-5-6-16-15(9-12)14(11-22(16)3)7-8-20-13(2)17-10-21-18(19)23(17)4/h5-6,9-11,13,20H,7-8H2,1-4H3. The van der Waals surface area contributed by atoms with Crippen LogP contribution in [-0.4, -0.2) is 20.7 Å². The lowest BCUT2D eigenvalue weighted by Gasteiger charge is -2.14. The Morgan fingerprint density at radius 1 is 1.30 bits per heavy atom. The van der Waals surface area contributed by atoms with Crippen LogP contribution >= 0.6 is 11.6 Å². The van der Waals surface area contributed by atoms with Gasteiger partial charge in [0, 0.05) is 37.2 Å². The zero-order chi connectivity index (χ0) is 16.6. The van der Waals surface area contributed by atoms with E-state index < -0.39 is 0 Å². The molecule has 0 aliphatic heterocycles. The van der Waals surface area contributed by atoms with Crippen LogP contribution in [0.5, 0.6) is 0 Å². The first-order valence-electron chi connectivity index (χ1n) is 7.92. The van der Waals surface area contributed by atoms with Gasteiger partial charge in [0.25, 0.3) is 0 Å². The molecule has 1 aromatic carbocycles. The number of rotatable bonds is 5. The van der Waals surface area contributed by atoms with E-state index in [-0.39, 0.29) is 6.04 Å². The first-order valence-corrected chi connectivity index (χ1v) is 8.30. The van der Waals surface area contributed by atoms with Crippen LogP contribution in [0.2, 0.25) is 5.28 Å². The van der Waals surface area contributed by atoms with Crippen molar-refractivity contribution in [1.82, 2.24) is 19.4 Å². The number of fused-ring (bicyclic) bond motifs is 1. The monoisotopic (exact) mass is 330 g/mol. The van der Waals surface area contributed by atoms with Gasteiger partial charge in [-0.25, -0.2) is 4.98 Å². The average Bonchev–Trinajstić information content (AvgIpc) is 3.00. The molecule has 1 atom stereocenters. The molecule has 0 bridgehead atoms. The highest BCUT2D eigenvalue weighted by Gasteiger charge is 2.12. The summed E-state index contributed by atoms with van der Waals surface area (Å²) in [5, 5.41) is 5.44. The molecule has 1 unspecified atom stereocenters. The summed E-state index contributed by atoms with van der Waals surface area (Å²) in [6, 6.07) is 6.85. The van der Waals surface area contributed by atoms with Gasteiger partial charge in [0.15, 0.2) is 0 Å². The molecule has 0 aliphatic rings. The number of benzene rings is 1. The summed E-state index contributed by atoms with van der Waals surface area (Å²) < 4.78 is 4.12. The minimum atomic E-state index is 0.219. The van der Waals surface area contributed by atoms with E-state index in [4.69, 9.17) is 11.6 Å². The maximum absolute atomic E-state index is 6.01. The zero-order valence-corrected chi connectivity index (χ0v) is 14.9. The predicted octanol–water partition coefficient (Wildman–Crippen LogP) is 3.77. The van der Waals surface area contributed by atoms with Crippen molar-refractivity contribution >= 4 is 22.5 Å². The van der Waals surface area contributed by atoms with Gasteiger partial charge in [-0.1, -0.05) is 11.6 Å². The van der Waals surface area contributed by atoms with Gasteiger partial charge in [-0.05, 0) is 56.1 Å². The van der Waals surface area contributed by atoms with Crippen LogP contribution in [0.3, 0.4) is 0 Å². The van der Waals surface area contributed by atoms with Crippen LogP contribution in [-0.2, 0) is 20.5 Å². The molecule has 0 spiro atoms. The Hall–Kier alpha value is -1.78. The second-order valence-electron chi connectivity index (χ2n) is 6.22. The maximum Gasteiger partial charge on any atom is 0.202 e. The Morgan fingerprint density at radius 2 is 2.09 bits per heavy atom. The summed E-state index contributed by atoms with van der Waals surface area (Å²) in [5.41, 5.74) is 5.07. The van der Waals surface area contributed by atoms with E-state index in [1.807, 2.05) is 17.8 Å². The average molecular weight is 331 g/mol. The Balaban J connectivity index is 1.69. The molecule has 0 fully saturated rings.